The van der Waals surface area contributed by atoms with Crippen LogP contribution >= 0.6 is 34.5 Å². The molecule has 0 saturated carbocycles. The molecule has 2 N–H and O–H groups in total. The van der Waals surface area contributed by atoms with Crippen LogP contribution in [-0.2, 0) is 24.3 Å². The van der Waals surface area contributed by atoms with E-state index in [9.17, 15) is 27.2 Å². The number of rotatable bonds is 11. The minimum atomic E-state index is -4.61. The first-order chi connectivity index (χ1) is 20.0. The summed E-state index contributed by atoms with van der Waals surface area (Å²) in [5.41, 5.74) is -0.0559. The Labute approximate surface area is 257 Å². The van der Waals surface area contributed by atoms with Crippen LogP contribution in [0.15, 0.2) is 29.2 Å². The summed E-state index contributed by atoms with van der Waals surface area (Å²) in [6, 6.07) is 3.39. The molecule has 0 radical (unpaired) electrons. The van der Waals surface area contributed by atoms with E-state index in [0.29, 0.717) is 56.5 Å². The van der Waals surface area contributed by atoms with E-state index in [-0.39, 0.29) is 41.0 Å². The normalized spacial score (nSPS) is 17.4. The second-order valence-electron chi connectivity index (χ2n) is 9.89. The van der Waals surface area contributed by atoms with E-state index in [2.05, 4.69) is 14.9 Å². The third-order valence-corrected chi connectivity index (χ3v) is 10.3. The SMILES string of the molecule is COCCN1CCN(C(=O)[C@H](CNC(=O)c2ccc(Cl)s2)NS(=O)(=O)c2cc(F)cc(N3CCCCC3=O)c2Cl)CC1. The number of hydrogen-bond acceptors (Lipinski definition) is 8. The summed E-state index contributed by atoms with van der Waals surface area (Å²) in [5, 5.41) is 2.25. The molecule has 0 aliphatic carbocycles. The number of nitrogens with zero attached hydrogens (tertiary/aromatic N) is 3. The number of halogens is 3. The van der Waals surface area contributed by atoms with Gasteiger partial charge in [-0.3, -0.25) is 19.3 Å². The highest BCUT2D eigenvalue weighted by atomic mass is 35.5. The monoisotopic (exact) mass is 663 g/mol. The van der Waals surface area contributed by atoms with Gasteiger partial charge in [-0.05, 0) is 37.1 Å². The minimum Gasteiger partial charge on any atom is -0.383 e. The number of benzene rings is 1. The first kappa shape index (κ1) is 32.6. The Morgan fingerprint density at radius 2 is 1.86 bits per heavy atom. The van der Waals surface area contributed by atoms with Gasteiger partial charge in [-0.1, -0.05) is 23.2 Å². The summed E-state index contributed by atoms with van der Waals surface area (Å²) in [7, 11) is -3.01. The number of ether oxygens (including phenoxy) is 1. The summed E-state index contributed by atoms with van der Waals surface area (Å²) in [4.78, 5) is 43.4. The number of methoxy groups -OCH3 is 1. The van der Waals surface area contributed by atoms with E-state index in [1.54, 1.807) is 13.2 Å². The van der Waals surface area contributed by atoms with Crippen molar-refractivity contribution in [2.75, 3.05) is 64.4 Å². The molecule has 3 amide bonds. The fourth-order valence-electron chi connectivity index (χ4n) is 4.78. The second-order valence-corrected chi connectivity index (χ2v) is 13.7. The number of anilines is 1. The molecular weight excluding hydrogens is 632 g/mol. The topological polar surface area (TPSA) is 128 Å². The van der Waals surface area contributed by atoms with Gasteiger partial charge < -0.3 is 19.9 Å². The van der Waals surface area contributed by atoms with Gasteiger partial charge in [-0.25, -0.2) is 12.8 Å². The van der Waals surface area contributed by atoms with Crippen molar-refractivity contribution in [3.05, 3.63) is 44.3 Å². The molecule has 16 heteroatoms. The van der Waals surface area contributed by atoms with Gasteiger partial charge in [-0.15, -0.1) is 11.3 Å². The number of piperazine rings is 1. The largest absolute Gasteiger partial charge is 0.383 e. The molecule has 1 atom stereocenters. The van der Waals surface area contributed by atoms with Crippen molar-refractivity contribution in [2.24, 2.45) is 0 Å². The van der Waals surface area contributed by atoms with Gasteiger partial charge in [0.25, 0.3) is 5.91 Å². The maximum Gasteiger partial charge on any atom is 0.261 e. The van der Waals surface area contributed by atoms with Gasteiger partial charge in [0.15, 0.2) is 0 Å². The zero-order valence-electron chi connectivity index (χ0n) is 22.9. The zero-order valence-corrected chi connectivity index (χ0v) is 26.1. The van der Waals surface area contributed by atoms with Crippen LogP contribution in [0.4, 0.5) is 10.1 Å². The van der Waals surface area contributed by atoms with E-state index in [0.717, 1.165) is 23.5 Å². The zero-order chi connectivity index (χ0) is 30.4. The lowest BCUT2D eigenvalue weighted by Crippen LogP contribution is -2.58. The lowest BCUT2D eigenvalue weighted by molar-refractivity contribution is -0.134. The molecule has 1 aromatic heterocycles. The molecule has 230 valence electrons. The molecule has 2 fully saturated rings. The van der Waals surface area contributed by atoms with Crippen molar-refractivity contribution < 1.29 is 31.9 Å². The molecule has 42 heavy (non-hydrogen) atoms. The molecule has 11 nitrogen and oxygen atoms in total. The van der Waals surface area contributed by atoms with Crippen LogP contribution in [0.2, 0.25) is 9.36 Å². The summed E-state index contributed by atoms with van der Waals surface area (Å²) in [6.07, 6.45) is 1.56. The number of piperidine rings is 1. The highest BCUT2D eigenvalue weighted by Gasteiger charge is 2.34. The molecular formula is C26H32Cl2FN5O6S2. The number of hydrogen-bond donors (Lipinski definition) is 2. The van der Waals surface area contributed by atoms with Gasteiger partial charge in [0.05, 0.1) is 26.5 Å². The fraction of sp³-hybridized carbons (Fsp3) is 0.500. The molecule has 2 saturated heterocycles. The van der Waals surface area contributed by atoms with E-state index in [1.807, 2.05) is 0 Å². The van der Waals surface area contributed by atoms with Crippen LogP contribution in [0, 0.1) is 5.82 Å². The van der Waals surface area contributed by atoms with Crippen LogP contribution in [0.25, 0.3) is 0 Å². The molecule has 2 aliphatic rings. The first-order valence-electron chi connectivity index (χ1n) is 13.4. The van der Waals surface area contributed by atoms with Crippen molar-refractivity contribution >= 4 is 68.0 Å². The molecule has 2 aliphatic heterocycles. The van der Waals surface area contributed by atoms with Crippen LogP contribution in [0.5, 0.6) is 0 Å². The van der Waals surface area contributed by atoms with Gasteiger partial charge in [0.2, 0.25) is 21.8 Å². The highest BCUT2D eigenvalue weighted by molar-refractivity contribution is 7.89. The van der Waals surface area contributed by atoms with Gasteiger partial charge in [0, 0.05) is 59.3 Å². The van der Waals surface area contributed by atoms with Crippen LogP contribution in [0.1, 0.15) is 28.9 Å². The Kier molecular flexibility index (Phi) is 11.2. The molecule has 0 bridgehead atoms. The van der Waals surface area contributed by atoms with Crippen molar-refractivity contribution in [1.82, 2.24) is 19.8 Å². The second kappa shape index (κ2) is 14.4. The Hall–Kier alpha value is -2.33. The van der Waals surface area contributed by atoms with Gasteiger partial charge in [-0.2, -0.15) is 4.72 Å². The van der Waals surface area contributed by atoms with Crippen molar-refractivity contribution in [3.8, 4) is 0 Å². The number of carbonyl (C=O) groups is 3. The van der Waals surface area contributed by atoms with E-state index >= 15 is 0 Å². The lowest BCUT2D eigenvalue weighted by Gasteiger charge is -2.36. The van der Waals surface area contributed by atoms with Gasteiger partial charge >= 0.3 is 0 Å². The molecule has 0 spiro atoms. The average Bonchev–Trinajstić information content (AvgIpc) is 3.41. The van der Waals surface area contributed by atoms with E-state index in [1.165, 1.54) is 15.9 Å². The molecule has 4 rings (SSSR count). The molecule has 3 heterocycles. The highest BCUT2D eigenvalue weighted by Crippen LogP contribution is 2.35. The Morgan fingerprint density at radius 3 is 2.50 bits per heavy atom. The number of amides is 3. The summed E-state index contributed by atoms with van der Waals surface area (Å²) in [5.74, 6) is -2.30. The average molecular weight is 665 g/mol. The fourth-order valence-corrected chi connectivity index (χ4v) is 7.55. The van der Waals surface area contributed by atoms with Crippen LogP contribution < -0.4 is 14.9 Å². The van der Waals surface area contributed by atoms with E-state index < -0.39 is 38.6 Å². The lowest BCUT2D eigenvalue weighted by atomic mass is 10.1. The smallest absolute Gasteiger partial charge is 0.261 e. The number of thiophene rings is 1. The number of carbonyl (C=O) groups excluding carboxylic acids is 3. The molecule has 1 aromatic carbocycles. The minimum absolute atomic E-state index is 0.0559. The van der Waals surface area contributed by atoms with Crippen LogP contribution in [-0.4, -0.2) is 102 Å². The summed E-state index contributed by atoms with van der Waals surface area (Å²) < 4.78 is 49.8. The Bertz CT molecular complexity index is 1420. The number of sulfonamides is 1. The molecule has 2 aromatic rings. The van der Waals surface area contributed by atoms with Crippen LogP contribution in [0.3, 0.4) is 0 Å². The Balaban J connectivity index is 1.57. The van der Waals surface area contributed by atoms with Crippen molar-refractivity contribution in [3.63, 3.8) is 0 Å². The number of nitrogens with one attached hydrogen (secondary N) is 2. The Morgan fingerprint density at radius 1 is 1.12 bits per heavy atom. The predicted octanol–water partition coefficient (Wildman–Crippen LogP) is 2.58. The third-order valence-electron chi connectivity index (χ3n) is 7.04. The summed E-state index contributed by atoms with van der Waals surface area (Å²) >= 11 is 13.4. The first-order valence-corrected chi connectivity index (χ1v) is 16.4. The van der Waals surface area contributed by atoms with E-state index in [4.69, 9.17) is 27.9 Å². The maximum atomic E-state index is 14.7. The van der Waals surface area contributed by atoms with Gasteiger partial charge in [0.1, 0.15) is 16.8 Å². The standard InChI is InChI=1S/C26H32Cl2FN5O6S2/c1-40-13-12-32-8-10-33(11-9-32)26(37)18(16-30-25(36)20-5-6-22(27)41-20)31-42(38,39)21-15-17(29)14-19(24(21)28)34-7-3-2-4-23(34)35/h5-6,14-15,18,31H,2-4,7-13,16H2,1H3,(H,30,36)/t18-/m0/s1. The summed E-state index contributed by atoms with van der Waals surface area (Å²) in [6.45, 7) is 2.87. The molecule has 0 unspecified atom stereocenters. The quantitative estimate of drug-likeness (QED) is 0.378. The third kappa shape index (κ3) is 7.98. The predicted molar refractivity (Wildman–Crippen MR) is 158 cm³/mol. The maximum absolute atomic E-state index is 14.7. The van der Waals surface area contributed by atoms with Crippen molar-refractivity contribution in [2.45, 2.75) is 30.2 Å². The van der Waals surface area contributed by atoms with Crippen molar-refractivity contribution in [1.29, 1.82) is 0 Å².